The molecule has 19 heavy (non-hydrogen) atoms. The van der Waals surface area contributed by atoms with Crippen molar-refractivity contribution in [3.05, 3.63) is 24.2 Å². The van der Waals surface area contributed by atoms with Gasteiger partial charge in [0.1, 0.15) is 5.82 Å². The summed E-state index contributed by atoms with van der Waals surface area (Å²) in [5.41, 5.74) is 1.28. The Morgan fingerprint density at radius 1 is 1.26 bits per heavy atom. The van der Waals surface area contributed by atoms with Crippen LogP contribution in [0.5, 0.6) is 0 Å². The van der Waals surface area contributed by atoms with Gasteiger partial charge in [0.2, 0.25) is 0 Å². The molecule has 1 atom stereocenters. The van der Waals surface area contributed by atoms with Crippen molar-refractivity contribution in [2.24, 2.45) is 0 Å². The van der Waals surface area contributed by atoms with Gasteiger partial charge in [0.15, 0.2) is 5.82 Å². The first-order valence-corrected chi connectivity index (χ1v) is 7.28. The van der Waals surface area contributed by atoms with Crippen molar-refractivity contribution in [2.45, 2.75) is 44.6 Å². The van der Waals surface area contributed by atoms with Gasteiger partial charge in [-0.25, -0.2) is 9.97 Å². The predicted octanol–water partition coefficient (Wildman–Crippen LogP) is 2.40. The number of aliphatic hydroxyl groups is 1. The summed E-state index contributed by atoms with van der Waals surface area (Å²) in [4.78, 5) is 11.3. The normalized spacial score (nSPS) is 24.2. The van der Waals surface area contributed by atoms with Crippen molar-refractivity contribution in [1.82, 2.24) is 9.97 Å². The van der Waals surface area contributed by atoms with E-state index in [-0.39, 0.29) is 6.10 Å². The number of piperidine rings is 1. The first-order chi connectivity index (χ1) is 9.33. The maximum atomic E-state index is 9.76. The Morgan fingerprint density at radius 3 is 3.00 bits per heavy atom. The van der Waals surface area contributed by atoms with Gasteiger partial charge in [-0.05, 0) is 50.2 Å². The maximum Gasteiger partial charge on any atom is 0.157 e. The minimum Gasteiger partial charge on any atom is -0.391 e. The molecule has 2 aliphatic rings. The van der Waals surface area contributed by atoms with E-state index in [4.69, 9.17) is 0 Å². The third-order valence-corrected chi connectivity index (χ3v) is 3.94. The van der Waals surface area contributed by atoms with Crippen LogP contribution in [0, 0.1) is 0 Å². The predicted molar refractivity (Wildman–Crippen MR) is 75.9 cm³/mol. The summed E-state index contributed by atoms with van der Waals surface area (Å²) >= 11 is 0. The molecular weight excluding hydrogens is 238 g/mol. The lowest BCUT2D eigenvalue weighted by atomic mass is 9.99. The lowest BCUT2D eigenvalue weighted by molar-refractivity contribution is 0.154. The molecule has 1 fully saturated rings. The van der Waals surface area contributed by atoms with Crippen LogP contribution in [-0.2, 0) is 0 Å². The van der Waals surface area contributed by atoms with Gasteiger partial charge >= 0.3 is 0 Å². The number of anilines is 1. The van der Waals surface area contributed by atoms with Gasteiger partial charge in [-0.3, -0.25) is 0 Å². The SMILES string of the molecule is OC1CCCN(c2ccnc(C3=CCCCC3)n2)C1. The fourth-order valence-electron chi connectivity index (χ4n) is 2.88. The number of β-amino-alcohol motifs (C(OH)–C–C–N with tert-alkyl or cyclic N) is 1. The summed E-state index contributed by atoms with van der Waals surface area (Å²) < 4.78 is 0. The topological polar surface area (TPSA) is 49.2 Å². The maximum absolute atomic E-state index is 9.76. The zero-order valence-electron chi connectivity index (χ0n) is 11.3. The van der Waals surface area contributed by atoms with Crippen molar-refractivity contribution in [3.63, 3.8) is 0 Å². The van der Waals surface area contributed by atoms with E-state index in [0.29, 0.717) is 6.54 Å². The number of hydrogen-bond donors (Lipinski definition) is 1. The molecule has 1 aromatic heterocycles. The summed E-state index contributed by atoms with van der Waals surface area (Å²) in [6, 6.07) is 1.95. The second-order valence-corrected chi connectivity index (χ2v) is 5.46. The molecule has 3 rings (SSSR count). The zero-order valence-corrected chi connectivity index (χ0v) is 11.3. The number of hydrogen-bond acceptors (Lipinski definition) is 4. The Morgan fingerprint density at radius 2 is 2.21 bits per heavy atom. The minimum atomic E-state index is -0.221. The van der Waals surface area contributed by atoms with Crippen LogP contribution in [-0.4, -0.2) is 34.3 Å². The summed E-state index contributed by atoms with van der Waals surface area (Å²) in [6.07, 6.45) is 10.6. The standard InChI is InChI=1S/C15H21N3O/c19-13-7-4-10-18(11-13)14-8-9-16-15(17-14)12-5-2-1-3-6-12/h5,8-9,13,19H,1-4,6-7,10-11H2. The second kappa shape index (κ2) is 5.70. The molecule has 1 aliphatic carbocycles. The number of aromatic nitrogens is 2. The molecule has 0 amide bonds. The van der Waals surface area contributed by atoms with Crippen LogP contribution in [0.2, 0.25) is 0 Å². The fraction of sp³-hybridized carbons (Fsp3) is 0.600. The molecule has 1 aliphatic heterocycles. The van der Waals surface area contributed by atoms with Gasteiger partial charge in [-0.1, -0.05) is 6.08 Å². The van der Waals surface area contributed by atoms with Gasteiger partial charge in [0.05, 0.1) is 6.10 Å². The Hall–Kier alpha value is -1.42. The molecule has 0 aromatic carbocycles. The Bertz CT molecular complexity index is 472. The largest absolute Gasteiger partial charge is 0.391 e. The molecular formula is C15H21N3O. The van der Waals surface area contributed by atoms with Crippen molar-refractivity contribution >= 4 is 11.4 Å². The lowest BCUT2D eigenvalue weighted by Gasteiger charge is -2.31. The average molecular weight is 259 g/mol. The molecule has 1 aromatic rings. The van der Waals surface area contributed by atoms with Crippen LogP contribution in [0.3, 0.4) is 0 Å². The Kier molecular flexibility index (Phi) is 3.78. The third kappa shape index (κ3) is 2.95. The van der Waals surface area contributed by atoms with E-state index in [1.165, 1.54) is 18.4 Å². The average Bonchev–Trinajstić information content (AvgIpc) is 2.48. The van der Waals surface area contributed by atoms with Crippen LogP contribution < -0.4 is 4.90 Å². The van der Waals surface area contributed by atoms with E-state index in [0.717, 1.165) is 43.9 Å². The molecule has 4 heteroatoms. The van der Waals surface area contributed by atoms with Crippen molar-refractivity contribution < 1.29 is 5.11 Å². The monoisotopic (exact) mass is 259 g/mol. The van der Waals surface area contributed by atoms with Crippen molar-refractivity contribution in [1.29, 1.82) is 0 Å². The number of allylic oxidation sites excluding steroid dienone is 2. The second-order valence-electron chi connectivity index (χ2n) is 5.46. The number of nitrogens with zero attached hydrogens (tertiary/aromatic N) is 3. The first-order valence-electron chi connectivity index (χ1n) is 7.28. The first kappa shape index (κ1) is 12.6. The van der Waals surface area contributed by atoms with Gasteiger partial charge in [0, 0.05) is 19.3 Å². The molecule has 1 saturated heterocycles. The van der Waals surface area contributed by atoms with Crippen molar-refractivity contribution in [2.75, 3.05) is 18.0 Å². The summed E-state index contributed by atoms with van der Waals surface area (Å²) in [7, 11) is 0. The quantitative estimate of drug-likeness (QED) is 0.886. The van der Waals surface area contributed by atoms with Gasteiger partial charge < -0.3 is 10.0 Å². The van der Waals surface area contributed by atoms with E-state index in [1.807, 2.05) is 12.3 Å². The molecule has 4 nitrogen and oxygen atoms in total. The highest BCUT2D eigenvalue weighted by Crippen LogP contribution is 2.26. The van der Waals surface area contributed by atoms with E-state index in [9.17, 15) is 5.11 Å². The highest BCUT2D eigenvalue weighted by atomic mass is 16.3. The van der Waals surface area contributed by atoms with E-state index in [1.54, 1.807) is 0 Å². The van der Waals surface area contributed by atoms with E-state index < -0.39 is 0 Å². The molecule has 0 radical (unpaired) electrons. The smallest absolute Gasteiger partial charge is 0.157 e. The zero-order chi connectivity index (χ0) is 13.1. The van der Waals surface area contributed by atoms with Crippen LogP contribution in [0.25, 0.3) is 5.57 Å². The minimum absolute atomic E-state index is 0.221. The summed E-state index contributed by atoms with van der Waals surface area (Å²) in [5, 5.41) is 9.76. The molecule has 1 unspecified atom stereocenters. The highest BCUT2D eigenvalue weighted by Gasteiger charge is 2.19. The van der Waals surface area contributed by atoms with Gasteiger partial charge in [0.25, 0.3) is 0 Å². The van der Waals surface area contributed by atoms with E-state index in [2.05, 4.69) is 20.9 Å². The molecule has 2 heterocycles. The van der Waals surface area contributed by atoms with Crippen LogP contribution >= 0.6 is 0 Å². The highest BCUT2D eigenvalue weighted by molar-refractivity contribution is 5.61. The summed E-state index contributed by atoms with van der Waals surface area (Å²) in [5.74, 6) is 1.83. The summed E-state index contributed by atoms with van der Waals surface area (Å²) in [6.45, 7) is 1.67. The van der Waals surface area contributed by atoms with Gasteiger partial charge in [-0.2, -0.15) is 0 Å². The van der Waals surface area contributed by atoms with E-state index >= 15 is 0 Å². The number of aliphatic hydroxyl groups excluding tert-OH is 1. The fourth-order valence-corrected chi connectivity index (χ4v) is 2.88. The molecule has 0 saturated carbocycles. The lowest BCUT2D eigenvalue weighted by Crippen LogP contribution is -2.38. The Balaban J connectivity index is 1.81. The van der Waals surface area contributed by atoms with Crippen molar-refractivity contribution in [3.8, 4) is 0 Å². The van der Waals surface area contributed by atoms with Gasteiger partial charge in [-0.15, -0.1) is 0 Å². The van der Waals surface area contributed by atoms with Crippen LogP contribution in [0.1, 0.15) is 44.3 Å². The van der Waals surface area contributed by atoms with Crippen LogP contribution in [0.15, 0.2) is 18.3 Å². The molecule has 0 bridgehead atoms. The number of rotatable bonds is 2. The molecule has 0 spiro atoms. The molecule has 102 valence electrons. The molecule has 1 N–H and O–H groups in total. The third-order valence-electron chi connectivity index (χ3n) is 3.94. The Labute approximate surface area is 114 Å². The van der Waals surface area contributed by atoms with Crippen LogP contribution in [0.4, 0.5) is 5.82 Å².